The molecule has 1 atom stereocenters. The lowest BCUT2D eigenvalue weighted by Gasteiger charge is -2.30. The minimum absolute atomic E-state index is 0.116. The molecular weight excluding hydrogens is 368 g/mol. The van der Waals surface area contributed by atoms with Crippen molar-refractivity contribution < 1.29 is 22.7 Å². The standard InChI is InChI=1S/C19H24N2O5S/c1-4-26-19(23)13-6-5-9-21(11-13)27(24,25)14-7-8-16-15(10-14)17(12(2)3)18(22)20-16/h7-8,10,13H,4-6,9,11H2,1-3H3,(H,20,22)/t13-/m0/s1. The SMILES string of the molecule is CCOC(=O)[C@H]1CCCN(S(=O)(=O)c2ccc3c(c2)C(=C(C)C)C(=O)N3)C1. The topological polar surface area (TPSA) is 92.8 Å². The Morgan fingerprint density at radius 2 is 2.07 bits per heavy atom. The minimum Gasteiger partial charge on any atom is -0.466 e. The molecule has 1 saturated heterocycles. The fourth-order valence-electron chi connectivity index (χ4n) is 3.57. The first-order valence-corrected chi connectivity index (χ1v) is 10.5. The highest BCUT2D eigenvalue weighted by Crippen LogP contribution is 2.36. The summed E-state index contributed by atoms with van der Waals surface area (Å²) in [6, 6.07) is 4.65. The first-order valence-electron chi connectivity index (χ1n) is 9.05. The van der Waals surface area contributed by atoms with Crippen molar-refractivity contribution in [1.29, 1.82) is 0 Å². The van der Waals surface area contributed by atoms with Gasteiger partial charge in [-0.3, -0.25) is 9.59 Å². The molecule has 2 heterocycles. The van der Waals surface area contributed by atoms with Gasteiger partial charge in [0, 0.05) is 29.9 Å². The van der Waals surface area contributed by atoms with E-state index in [1.165, 1.54) is 10.4 Å². The highest BCUT2D eigenvalue weighted by Gasteiger charge is 2.35. The zero-order chi connectivity index (χ0) is 19.8. The molecule has 1 N–H and O–H groups in total. The van der Waals surface area contributed by atoms with E-state index in [2.05, 4.69) is 5.32 Å². The van der Waals surface area contributed by atoms with Crippen LogP contribution in [0.25, 0.3) is 5.57 Å². The van der Waals surface area contributed by atoms with E-state index >= 15 is 0 Å². The number of anilines is 1. The van der Waals surface area contributed by atoms with Crippen LogP contribution in [0.15, 0.2) is 28.7 Å². The second-order valence-corrected chi connectivity index (χ2v) is 8.93. The highest BCUT2D eigenvalue weighted by atomic mass is 32.2. The number of ether oxygens (including phenoxy) is 1. The normalized spacial score (nSPS) is 20.2. The quantitative estimate of drug-likeness (QED) is 0.627. The number of benzene rings is 1. The van der Waals surface area contributed by atoms with Gasteiger partial charge in [-0.1, -0.05) is 5.57 Å². The molecule has 8 heteroatoms. The molecule has 2 aliphatic heterocycles. The van der Waals surface area contributed by atoms with Crippen LogP contribution in [0.3, 0.4) is 0 Å². The summed E-state index contributed by atoms with van der Waals surface area (Å²) in [7, 11) is -3.77. The summed E-state index contributed by atoms with van der Waals surface area (Å²) >= 11 is 0. The van der Waals surface area contributed by atoms with Crippen molar-refractivity contribution in [3.8, 4) is 0 Å². The number of sulfonamides is 1. The molecule has 0 saturated carbocycles. The lowest BCUT2D eigenvalue weighted by atomic mass is 10.0. The fourth-order valence-corrected chi connectivity index (χ4v) is 5.12. The Kier molecular flexibility index (Phi) is 5.39. The summed E-state index contributed by atoms with van der Waals surface area (Å²) in [6.07, 6.45) is 1.22. The first kappa shape index (κ1) is 19.6. The number of piperidine rings is 1. The van der Waals surface area contributed by atoms with E-state index in [0.29, 0.717) is 36.2 Å². The van der Waals surface area contributed by atoms with Crippen molar-refractivity contribution in [3.63, 3.8) is 0 Å². The Morgan fingerprint density at radius 3 is 2.74 bits per heavy atom. The van der Waals surface area contributed by atoms with Gasteiger partial charge in [-0.25, -0.2) is 8.42 Å². The Hall–Kier alpha value is -2.19. The van der Waals surface area contributed by atoms with Crippen molar-refractivity contribution in [2.24, 2.45) is 5.92 Å². The summed E-state index contributed by atoms with van der Waals surface area (Å²) in [5, 5.41) is 2.76. The lowest BCUT2D eigenvalue weighted by Crippen LogP contribution is -2.42. The van der Waals surface area contributed by atoms with Gasteiger partial charge in [0.05, 0.1) is 17.4 Å². The van der Waals surface area contributed by atoms with Crippen LogP contribution >= 0.6 is 0 Å². The lowest BCUT2D eigenvalue weighted by molar-refractivity contribution is -0.149. The average Bonchev–Trinajstić information content (AvgIpc) is 2.97. The van der Waals surface area contributed by atoms with Crippen LogP contribution in [0.1, 0.15) is 39.2 Å². The van der Waals surface area contributed by atoms with Crippen LogP contribution in [-0.4, -0.2) is 44.3 Å². The number of carbonyl (C=O) groups excluding carboxylic acids is 2. The predicted octanol–water partition coefficient (Wildman–Crippen LogP) is 2.40. The maximum absolute atomic E-state index is 13.1. The smallest absolute Gasteiger partial charge is 0.310 e. The number of nitrogens with zero attached hydrogens (tertiary/aromatic N) is 1. The predicted molar refractivity (Wildman–Crippen MR) is 101 cm³/mol. The second-order valence-electron chi connectivity index (χ2n) is 6.99. The van der Waals surface area contributed by atoms with Crippen molar-refractivity contribution >= 4 is 33.2 Å². The van der Waals surface area contributed by atoms with E-state index in [-0.39, 0.29) is 29.9 Å². The van der Waals surface area contributed by atoms with Gasteiger partial charge in [0.15, 0.2) is 0 Å². The summed E-state index contributed by atoms with van der Waals surface area (Å²) in [5.41, 5.74) is 2.53. The number of hydrogen-bond donors (Lipinski definition) is 1. The molecule has 1 aromatic rings. The maximum atomic E-state index is 13.1. The zero-order valence-electron chi connectivity index (χ0n) is 15.7. The molecule has 27 heavy (non-hydrogen) atoms. The van der Waals surface area contributed by atoms with E-state index in [1.54, 1.807) is 19.1 Å². The van der Waals surface area contributed by atoms with Gasteiger partial charge in [-0.05, 0) is 51.8 Å². The van der Waals surface area contributed by atoms with Crippen LogP contribution in [0.2, 0.25) is 0 Å². The number of amides is 1. The van der Waals surface area contributed by atoms with Crippen LogP contribution in [-0.2, 0) is 24.3 Å². The third-order valence-electron chi connectivity index (χ3n) is 4.88. The average molecular weight is 392 g/mol. The second kappa shape index (κ2) is 7.44. The van der Waals surface area contributed by atoms with Gasteiger partial charge in [-0.2, -0.15) is 4.31 Å². The minimum atomic E-state index is -3.77. The van der Waals surface area contributed by atoms with Gasteiger partial charge in [0.1, 0.15) is 0 Å². The van der Waals surface area contributed by atoms with Gasteiger partial charge < -0.3 is 10.1 Å². The number of fused-ring (bicyclic) bond motifs is 1. The van der Waals surface area contributed by atoms with E-state index in [9.17, 15) is 18.0 Å². The Balaban J connectivity index is 1.91. The molecule has 146 valence electrons. The molecule has 1 aromatic carbocycles. The summed E-state index contributed by atoms with van der Waals surface area (Å²) < 4.78 is 32.6. The third-order valence-corrected chi connectivity index (χ3v) is 6.74. The monoisotopic (exact) mass is 392 g/mol. The van der Waals surface area contributed by atoms with Crippen LogP contribution < -0.4 is 5.32 Å². The Bertz CT molecular complexity index is 916. The van der Waals surface area contributed by atoms with Crippen molar-refractivity contribution in [2.75, 3.05) is 25.0 Å². The summed E-state index contributed by atoms with van der Waals surface area (Å²) in [6.45, 7) is 6.13. The molecule has 0 spiro atoms. The molecule has 0 radical (unpaired) electrons. The number of carbonyl (C=O) groups is 2. The number of allylic oxidation sites excluding steroid dienone is 1. The van der Waals surface area contributed by atoms with Crippen molar-refractivity contribution in [3.05, 3.63) is 29.3 Å². The van der Waals surface area contributed by atoms with Gasteiger partial charge >= 0.3 is 5.97 Å². The zero-order valence-corrected chi connectivity index (χ0v) is 16.6. The van der Waals surface area contributed by atoms with Crippen molar-refractivity contribution in [1.82, 2.24) is 4.31 Å². The number of rotatable bonds is 4. The van der Waals surface area contributed by atoms with Gasteiger partial charge in [-0.15, -0.1) is 0 Å². The molecule has 3 rings (SSSR count). The maximum Gasteiger partial charge on any atom is 0.310 e. The molecule has 0 aromatic heterocycles. The van der Waals surface area contributed by atoms with Crippen LogP contribution in [0, 0.1) is 5.92 Å². The van der Waals surface area contributed by atoms with Crippen LogP contribution in [0.5, 0.6) is 0 Å². The molecule has 7 nitrogen and oxygen atoms in total. The molecular formula is C19H24N2O5S. The largest absolute Gasteiger partial charge is 0.466 e. The van der Waals surface area contributed by atoms with Crippen molar-refractivity contribution in [2.45, 2.75) is 38.5 Å². The number of hydrogen-bond acceptors (Lipinski definition) is 5. The van der Waals surface area contributed by atoms with Gasteiger partial charge in [0.25, 0.3) is 5.91 Å². The summed E-state index contributed by atoms with van der Waals surface area (Å²) in [4.78, 5) is 24.3. The van der Waals surface area contributed by atoms with E-state index < -0.39 is 15.9 Å². The highest BCUT2D eigenvalue weighted by molar-refractivity contribution is 7.89. The number of nitrogens with one attached hydrogen (secondary N) is 1. The molecule has 0 unspecified atom stereocenters. The van der Waals surface area contributed by atoms with E-state index in [4.69, 9.17) is 4.74 Å². The van der Waals surface area contributed by atoms with E-state index in [0.717, 1.165) is 5.57 Å². The molecule has 0 bridgehead atoms. The third kappa shape index (κ3) is 3.64. The molecule has 0 aliphatic carbocycles. The van der Waals surface area contributed by atoms with Gasteiger partial charge in [0.2, 0.25) is 10.0 Å². The molecule has 2 aliphatic rings. The van der Waals surface area contributed by atoms with Crippen LogP contribution in [0.4, 0.5) is 5.69 Å². The molecule has 1 fully saturated rings. The van der Waals surface area contributed by atoms with E-state index in [1.807, 2.05) is 13.8 Å². The number of esters is 1. The Morgan fingerprint density at radius 1 is 1.33 bits per heavy atom. The molecule has 1 amide bonds. The first-order chi connectivity index (χ1) is 12.8. The summed E-state index contributed by atoms with van der Waals surface area (Å²) in [5.74, 6) is -1.02. The Labute approximate surface area is 159 Å². The fraction of sp³-hybridized carbons (Fsp3) is 0.474.